The molecule has 2 fully saturated rings. The standard InChI is InChI=1S/C19H25N5O6S/c1-30-12-11-22-19(25)23(15-8-9-15)18(20-22)14-5-4-10-21(13-14)31(28,29)17-7-3-2-6-16(17)24(26)27/h2-3,6-7,14-15H,4-5,8-13H2,1H3. The Balaban J connectivity index is 1.65. The zero-order valence-electron chi connectivity index (χ0n) is 17.2. The zero-order valence-corrected chi connectivity index (χ0v) is 18.0. The van der Waals surface area contributed by atoms with E-state index in [2.05, 4.69) is 5.10 Å². The molecule has 0 bridgehead atoms. The highest BCUT2D eigenvalue weighted by Crippen LogP contribution is 2.38. The minimum Gasteiger partial charge on any atom is -0.383 e. The van der Waals surface area contributed by atoms with Crippen molar-refractivity contribution in [2.24, 2.45) is 0 Å². The molecule has 0 amide bonds. The van der Waals surface area contributed by atoms with Gasteiger partial charge < -0.3 is 4.74 Å². The van der Waals surface area contributed by atoms with Crippen LogP contribution >= 0.6 is 0 Å². The molecular formula is C19H25N5O6S. The second-order valence-electron chi connectivity index (χ2n) is 7.88. The van der Waals surface area contributed by atoms with Gasteiger partial charge in [0.1, 0.15) is 5.82 Å². The largest absolute Gasteiger partial charge is 0.383 e. The Bertz CT molecular complexity index is 1140. The smallest absolute Gasteiger partial charge is 0.346 e. The molecule has 1 saturated carbocycles. The summed E-state index contributed by atoms with van der Waals surface area (Å²) in [6.45, 7) is 1.07. The van der Waals surface area contributed by atoms with Gasteiger partial charge >= 0.3 is 5.69 Å². The number of benzene rings is 1. The Morgan fingerprint density at radius 2 is 2.00 bits per heavy atom. The molecule has 2 aliphatic rings. The van der Waals surface area contributed by atoms with Crippen molar-refractivity contribution in [3.05, 3.63) is 50.7 Å². The molecule has 1 aliphatic carbocycles. The van der Waals surface area contributed by atoms with Gasteiger partial charge in [0.2, 0.25) is 10.0 Å². The number of ether oxygens (including phenoxy) is 1. The fraction of sp³-hybridized carbons (Fsp3) is 0.579. The van der Waals surface area contributed by atoms with Crippen LogP contribution in [0.1, 0.15) is 43.5 Å². The number of aromatic nitrogens is 3. The van der Waals surface area contributed by atoms with Gasteiger partial charge in [-0.15, -0.1) is 0 Å². The summed E-state index contributed by atoms with van der Waals surface area (Å²) in [7, 11) is -2.51. The lowest BCUT2D eigenvalue weighted by Crippen LogP contribution is -2.40. The van der Waals surface area contributed by atoms with E-state index in [1.807, 2.05) is 0 Å². The van der Waals surface area contributed by atoms with Gasteiger partial charge in [0.15, 0.2) is 4.90 Å². The second kappa shape index (κ2) is 8.52. The highest BCUT2D eigenvalue weighted by molar-refractivity contribution is 7.89. The van der Waals surface area contributed by atoms with Crippen molar-refractivity contribution in [3.63, 3.8) is 0 Å². The van der Waals surface area contributed by atoms with Gasteiger partial charge in [-0.1, -0.05) is 12.1 Å². The fourth-order valence-corrected chi connectivity index (χ4v) is 5.73. The van der Waals surface area contributed by atoms with E-state index in [1.165, 1.54) is 33.3 Å². The number of piperidine rings is 1. The molecule has 2 aromatic rings. The number of nitro groups is 1. The average Bonchev–Trinajstić information content (AvgIpc) is 3.55. The molecule has 1 aliphatic heterocycles. The molecule has 31 heavy (non-hydrogen) atoms. The van der Waals surface area contributed by atoms with Gasteiger partial charge in [0.05, 0.1) is 18.1 Å². The van der Waals surface area contributed by atoms with Crippen LogP contribution in [0.5, 0.6) is 0 Å². The Kier molecular flexibility index (Phi) is 5.95. The van der Waals surface area contributed by atoms with Gasteiger partial charge in [-0.3, -0.25) is 14.7 Å². The van der Waals surface area contributed by atoms with E-state index >= 15 is 0 Å². The quantitative estimate of drug-likeness (QED) is 0.439. The molecule has 12 heteroatoms. The summed E-state index contributed by atoms with van der Waals surface area (Å²) in [4.78, 5) is 23.2. The van der Waals surface area contributed by atoms with E-state index in [1.54, 1.807) is 11.7 Å². The summed E-state index contributed by atoms with van der Waals surface area (Å²) >= 11 is 0. The highest BCUT2D eigenvalue weighted by Gasteiger charge is 2.38. The van der Waals surface area contributed by atoms with Crippen LogP contribution in [0.15, 0.2) is 34.0 Å². The fourth-order valence-electron chi connectivity index (χ4n) is 4.05. The van der Waals surface area contributed by atoms with Crippen molar-refractivity contribution in [3.8, 4) is 0 Å². The number of nitrogens with zero attached hydrogens (tertiary/aromatic N) is 5. The SMILES string of the molecule is COCCn1nc(C2CCCN(S(=O)(=O)c3ccccc3[N+](=O)[O-])C2)n(C2CC2)c1=O. The van der Waals surface area contributed by atoms with E-state index < -0.39 is 20.6 Å². The molecule has 168 valence electrons. The van der Waals surface area contributed by atoms with E-state index in [9.17, 15) is 23.3 Å². The molecule has 1 atom stereocenters. The normalized spacial score (nSPS) is 20.1. The predicted molar refractivity (Wildman–Crippen MR) is 110 cm³/mol. The number of hydrogen-bond donors (Lipinski definition) is 0. The Morgan fingerprint density at radius 3 is 2.68 bits per heavy atom. The lowest BCUT2D eigenvalue weighted by atomic mass is 9.99. The monoisotopic (exact) mass is 451 g/mol. The van der Waals surface area contributed by atoms with Crippen molar-refractivity contribution in [2.75, 3.05) is 26.8 Å². The third-order valence-electron chi connectivity index (χ3n) is 5.75. The molecule has 2 heterocycles. The summed E-state index contributed by atoms with van der Waals surface area (Å²) < 4.78 is 35.9. The minimum absolute atomic E-state index is 0.0981. The molecule has 1 aromatic carbocycles. The molecule has 1 aromatic heterocycles. The summed E-state index contributed by atoms with van der Waals surface area (Å²) in [6.07, 6.45) is 3.06. The predicted octanol–water partition coefficient (Wildman–Crippen LogP) is 1.50. The number of hydrogen-bond acceptors (Lipinski definition) is 7. The van der Waals surface area contributed by atoms with Crippen LogP contribution in [0.25, 0.3) is 0 Å². The molecule has 0 radical (unpaired) electrons. The van der Waals surface area contributed by atoms with E-state index in [-0.39, 0.29) is 35.6 Å². The van der Waals surface area contributed by atoms with Crippen LogP contribution in [0, 0.1) is 10.1 Å². The third kappa shape index (κ3) is 4.14. The van der Waals surface area contributed by atoms with Crippen molar-refractivity contribution < 1.29 is 18.1 Å². The summed E-state index contributed by atoms with van der Waals surface area (Å²) in [6, 6.07) is 5.47. The first-order valence-corrected chi connectivity index (χ1v) is 11.7. The Morgan fingerprint density at radius 1 is 1.26 bits per heavy atom. The van der Waals surface area contributed by atoms with Gasteiger partial charge in [0, 0.05) is 38.2 Å². The van der Waals surface area contributed by atoms with Crippen molar-refractivity contribution in [1.29, 1.82) is 0 Å². The summed E-state index contributed by atoms with van der Waals surface area (Å²) in [5.41, 5.74) is -0.642. The van der Waals surface area contributed by atoms with Crippen molar-refractivity contribution in [1.82, 2.24) is 18.7 Å². The second-order valence-corrected chi connectivity index (χ2v) is 9.79. The van der Waals surface area contributed by atoms with Crippen molar-refractivity contribution >= 4 is 15.7 Å². The van der Waals surface area contributed by atoms with Gasteiger partial charge in [-0.25, -0.2) is 17.9 Å². The number of para-hydroxylation sites is 1. The van der Waals surface area contributed by atoms with Crippen LogP contribution in [0.2, 0.25) is 0 Å². The molecule has 11 nitrogen and oxygen atoms in total. The lowest BCUT2D eigenvalue weighted by molar-refractivity contribution is -0.387. The van der Waals surface area contributed by atoms with Crippen LogP contribution in [0.4, 0.5) is 5.69 Å². The topological polar surface area (TPSA) is 130 Å². The number of rotatable bonds is 8. The number of nitro benzene ring substituents is 1. The van der Waals surface area contributed by atoms with Gasteiger partial charge in [0.25, 0.3) is 5.69 Å². The highest BCUT2D eigenvalue weighted by atomic mass is 32.2. The average molecular weight is 452 g/mol. The van der Waals surface area contributed by atoms with Crippen molar-refractivity contribution in [2.45, 2.75) is 49.1 Å². The van der Waals surface area contributed by atoms with Crippen LogP contribution in [-0.2, 0) is 21.3 Å². The Labute approximate surface area is 179 Å². The molecular weight excluding hydrogens is 426 g/mol. The molecule has 1 unspecified atom stereocenters. The van der Waals surface area contributed by atoms with E-state index in [4.69, 9.17) is 4.74 Å². The summed E-state index contributed by atoms with van der Waals surface area (Å²) in [5.74, 6) is 0.328. The maximum atomic E-state index is 13.2. The summed E-state index contributed by atoms with van der Waals surface area (Å²) in [5, 5.41) is 15.9. The first-order chi connectivity index (χ1) is 14.8. The molecule has 4 rings (SSSR count). The van der Waals surface area contributed by atoms with E-state index in [0.717, 1.165) is 12.8 Å². The number of methoxy groups -OCH3 is 1. The van der Waals surface area contributed by atoms with Crippen LogP contribution in [-0.4, -0.2) is 58.8 Å². The maximum absolute atomic E-state index is 13.2. The molecule has 1 saturated heterocycles. The van der Waals surface area contributed by atoms with Crippen LogP contribution < -0.4 is 5.69 Å². The van der Waals surface area contributed by atoms with E-state index in [0.29, 0.717) is 31.8 Å². The lowest BCUT2D eigenvalue weighted by Gasteiger charge is -2.31. The zero-order chi connectivity index (χ0) is 22.2. The van der Waals surface area contributed by atoms with Gasteiger partial charge in [-0.05, 0) is 31.7 Å². The maximum Gasteiger partial charge on any atom is 0.346 e. The minimum atomic E-state index is -4.06. The first kappa shape index (κ1) is 21.7. The number of sulfonamides is 1. The first-order valence-electron chi connectivity index (χ1n) is 10.3. The van der Waals surface area contributed by atoms with Crippen LogP contribution in [0.3, 0.4) is 0 Å². The third-order valence-corrected chi connectivity index (χ3v) is 7.66. The Hall–Kier alpha value is -2.57. The molecule has 0 N–H and O–H groups in total. The molecule has 0 spiro atoms. The van der Waals surface area contributed by atoms with Gasteiger partial charge in [-0.2, -0.15) is 9.40 Å².